The monoisotopic (exact) mass is 349 g/mol. The number of aryl methyl sites for hydroxylation is 1. The zero-order valence-corrected chi connectivity index (χ0v) is 15.7. The highest BCUT2D eigenvalue weighted by Gasteiger charge is 2.41. The largest absolute Gasteiger partial charge is 0.394 e. The number of aliphatic hydroxyl groups excluding tert-OH is 1. The number of piperazine rings is 1. The summed E-state index contributed by atoms with van der Waals surface area (Å²) in [6.45, 7) is 7.47. The third kappa shape index (κ3) is 3.88. The van der Waals surface area contributed by atoms with Crippen LogP contribution in [-0.4, -0.2) is 87.9 Å². The molecule has 2 aliphatic heterocycles. The van der Waals surface area contributed by atoms with Crippen LogP contribution < -0.4 is 0 Å². The van der Waals surface area contributed by atoms with Crippen molar-refractivity contribution in [2.75, 3.05) is 46.9 Å². The first-order valence-electron chi connectivity index (χ1n) is 9.25. The number of carbonyl (C=O) groups excluding carboxylic acids is 1. The van der Waals surface area contributed by atoms with Crippen LogP contribution in [0.15, 0.2) is 6.20 Å². The van der Waals surface area contributed by atoms with E-state index in [2.05, 4.69) is 28.1 Å². The molecule has 3 rings (SSSR count). The fraction of sp³-hybridized carbons (Fsp3) is 0.778. The van der Waals surface area contributed by atoms with E-state index in [-0.39, 0.29) is 18.1 Å². The van der Waals surface area contributed by atoms with E-state index in [0.29, 0.717) is 13.0 Å². The van der Waals surface area contributed by atoms with Gasteiger partial charge in [0, 0.05) is 63.5 Å². The molecule has 3 heterocycles. The first kappa shape index (κ1) is 18.4. The van der Waals surface area contributed by atoms with Crippen molar-refractivity contribution >= 4 is 5.91 Å². The van der Waals surface area contributed by atoms with Crippen LogP contribution in [0.25, 0.3) is 0 Å². The van der Waals surface area contributed by atoms with Gasteiger partial charge in [0.15, 0.2) is 0 Å². The van der Waals surface area contributed by atoms with Crippen molar-refractivity contribution < 1.29 is 9.90 Å². The predicted octanol–water partition coefficient (Wildman–Crippen LogP) is 0.312. The molecule has 2 aliphatic rings. The van der Waals surface area contributed by atoms with Gasteiger partial charge in [0.25, 0.3) is 0 Å². The topological polar surface area (TPSA) is 64.8 Å². The van der Waals surface area contributed by atoms with E-state index in [1.165, 1.54) is 5.56 Å². The number of likely N-dealkylation sites (N-methyl/N-ethyl adjacent to an activating group) is 1. The van der Waals surface area contributed by atoms with E-state index in [1.807, 2.05) is 23.6 Å². The fourth-order valence-corrected chi connectivity index (χ4v) is 4.15. The summed E-state index contributed by atoms with van der Waals surface area (Å²) in [5, 5.41) is 13.6. The zero-order valence-electron chi connectivity index (χ0n) is 15.7. The summed E-state index contributed by atoms with van der Waals surface area (Å²) >= 11 is 0. The molecule has 7 heteroatoms. The molecule has 0 unspecified atom stereocenters. The molecule has 0 bridgehead atoms. The van der Waals surface area contributed by atoms with E-state index < -0.39 is 0 Å². The minimum atomic E-state index is 0.0909. The van der Waals surface area contributed by atoms with Gasteiger partial charge < -0.3 is 10.0 Å². The quantitative estimate of drug-likeness (QED) is 0.848. The van der Waals surface area contributed by atoms with Gasteiger partial charge in [-0.1, -0.05) is 0 Å². The number of amides is 1. The number of nitrogens with zero attached hydrogens (tertiary/aromatic N) is 5. The maximum Gasteiger partial charge on any atom is 0.222 e. The van der Waals surface area contributed by atoms with Gasteiger partial charge in [-0.3, -0.25) is 19.3 Å². The summed E-state index contributed by atoms with van der Waals surface area (Å²) in [6.07, 6.45) is 4.67. The lowest BCUT2D eigenvalue weighted by atomic mass is 9.86. The Balaban J connectivity index is 1.71. The summed E-state index contributed by atoms with van der Waals surface area (Å²) in [5.41, 5.74) is 2.36. The smallest absolute Gasteiger partial charge is 0.222 e. The van der Waals surface area contributed by atoms with Crippen molar-refractivity contribution in [2.24, 2.45) is 0 Å². The molecule has 140 valence electrons. The Labute approximate surface area is 150 Å². The number of hydrogen-bond donors (Lipinski definition) is 1. The lowest BCUT2D eigenvalue weighted by Gasteiger charge is -2.49. The van der Waals surface area contributed by atoms with Crippen LogP contribution in [-0.2, 0) is 17.9 Å². The van der Waals surface area contributed by atoms with Crippen molar-refractivity contribution in [3.63, 3.8) is 0 Å². The van der Waals surface area contributed by atoms with Crippen LogP contribution in [0, 0.1) is 6.92 Å². The van der Waals surface area contributed by atoms with Gasteiger partial charge in [0.1, 0.15) is 0 Å². The van der Waals surface area contributed by atoms with Crippen molar-refractivity contribution in [3.05, 3.63) is 17.5 Å². The molecular formula is C18H31N5O2. The average Bonchev–Trinajstić information content (AvgIpc) is 2.85. The Hall–Kier alpha value is -1.44. The van der Waals surface area contributed by atoms with Crippen LogP contribution >= 0.6 is 0 Å². The minimum Gasteiger partial charge on any atom is -0.394 e. The number of hydrogen-bond acceptors (Lipinski definition) is 5. The highest BCUT2D eigenvalue weighted by atomic mass is 16.3. The Morgan fingerprint density at radius 3 is 2.80 bits per heavy atom. The molecule has 0 aliphatic carbocycles. The van der Waals surface area contributed by atoms with E-state index in [9.17, 15) is 4.79 Å². The third-order valence-corrected chi connectivity index (χ3v) is 5.99. The summed E-state index contributed by atoms with van der Waals surface area (Å²) in [6, 6.07) is 0. The van der Waals surface area contributed by atoms with Crippen LogP contribution in [0.2, 0.25) is 0 Å². The molecule has 0 radical (unpaired) electrons. The van der Waals surface area contributed by atoms with E-state index >= 15 is 0 Å². The Kier molecular flexibility index (Phi) is 5.46. The van der Waals surface area contributed by atoms with Crippen molar-refractivity contribution in [1.82, 2.24) is 24.5 Å². The van der Waals surface area contributed by atoms with E-state index in [0.717, 1.165) is 51.3 Å². The van der Waals surface area contributed by atoms with Gasteiger partial charge in [0.05, 0.1) is 18.8 Å². The average molecular weight is 349 g/mol. The molecule has 1 aromatic rings. The van der Waals surface area contributed by atoms with E-state index in [1.54, 1.807) is 0 Å². The summed E-state index contributed by atoms with van der Waals surface area (Å²) < 4.78 is 1.83. The first-order valence-corrected chi connectivity index (χ1v) is 9.25. The summed E-state index contributed by atoms with van der Waals surface area (Å²) in [5.74, 6) is 0.267. The lowest BCUT2D eigenvalue weighted by Crippen LogP contribution is -2.60. The van der Waals surface area contributed by atoms with Gasteiger partial charge in [-0.15, -0.1) is 0 Å². The molecular weight excluding hydrogens is 318 g/mol. The number of aromatic nitrogens is 2. The van der Waals surface area contributed by atoms with Gasteiger partial charge in [-0.25, -0.2) is 0 Å². The van der Waals surface area contributed by atoms with Crippen LogP contribution in [0.5, 0.6) is 0 Å². The van der Waals surface area contributed by atoms with Crippen molar-refractivity contribution in [1.29, 1.82) is 0 Å². The fourth-order valence-electron chi connectivity index (χ4n) is 4.15. The number of likely N-dealkylation sites (tertiary alicyclic amines) is 1. The highest BCUT2D eigenvalue weighted by molar-refractivity contribution is 5.76. The van der Waals surface area contributed by atoms with Gasteiger partial charge in [-0.2, -0.15) is 5.10 Å². The molecule has 25 heavy (non-hydrogen) atoms. The van der Waals surface area contributed by atoms with Gasteiger partial charge >= 0.3 is 0 Å². The van der Waals surface area contributed by atoms with E-state index in [4.69, 9.17) is 5.11 Å². The maximum absolute atomic E-state index is 12.1. The number of rotatable bonds is 4. The first-order chi connectivity index (χ1) is 11.9. The molecule has 0 aromatic carbocycles. The minimum absolute atomic E-state index is 0.0909. The lowest BCUT2D eigenvalue weighted by molar-refractivity contribution is -0.129. The molecule has 7 nitrogen and oxygen atoms in total. The second kappa shape index (κ2) is 7.43. The van der Waals surface area contributed by atoms with Crippen LogP contribution in [0.3, 0.4) is 0 Å². The van der Waals surface area contributed by atoms with Crippen LogP contribution in [0.1, 0.15) is 30.5 Å². The molecule has 0 saturated carbocycles. The molecule has 2 saturated heterocycles. The number of aliphatic hydroxyl groups is 1. The van der Waals surface area contributed by atoms with Gasteiger partial charge in [0.2, 0.25) is 5.91 Å². The second-order valence-corrected chi connectivity index (χ2v) is 7.65. The van der Waals surface area contributed by atoms with Gasteiger partial charge in [-0.05, 0) is 26.8 Å². The molecule has 1 aromatic heterocycles. The van der Waals surface area contributed by atoms with Crippen molar-refractivity contribution in [3.8, 4) is 0 Å². The molecule has 2 fully saturated rings. The summed E-state index contributed by atoms with van der Waals surface area (Å²) in [7, 11) is 4.12. The molecule has 1 spiro atoms. The predicted molar refractivity (Wildman–Crippen MR) is 96.2 cm³/mol. The Morgan fingerprint density at radius 2 is 2.04 bits per heavy atom. The van der Waals surface area contributed by atoms with Crippen molar-refractivity contribution in [2.45, 2.75) is 44.8 Å². The number of carbonyl (C=O) groups is 1. The second-order valence-electron chi connectivity index (χ2n) is 7.65. The Morgan fingerprint density at radius 1 is 1.24 bits per heavy atom. The molecule has 1 atom stereocenters. The third-order valence-electron chi connectivity index (χ3n) is 5.99. The molecule has 1 amide bonds. The SMILES string of the molecule is Cc1nn(CCO)cc1CN1CCN(C)[C@]2(CCC(=O)N(C)CC2)C1. The standard InChI is InChI=1S/C18H31N5O2/c1-15-16(13-23(19-15)10-11-24)12-22-9-8-21(3)18(14-22)5-4-17(25)20(2)7-6-18/h13,24H,4-12,14H2,1-3H3/t18-/m0/s1. The zero-order chi connectivity index (χ0) is 18.0. The normalized spacial score (nSPS) is 26.4. The molecule has 1 N–H and O–H groups in total. The Bertz CT molecular complexity index is 617. The maximum atomic E-state index is 12.1. The summed E-state index contributed by atoms with van der Waals surface area (Å²) in [4.78, 5) is 18.9. The highest BCUT2D eigenvalue weighted by Crippen LogP contribution is 2.32. The van der Waals surface area contributed by atoms with Crippen LogP contribution in [0.4, 0.5) is 0 Å².